The van der Waals surface area contributed by atoms with Gasteiger partial charge in [-0.05, 0) is 25.0 Å². The molecule has 0 bridgehead atoms. The molecule has 1 unspecified atom stereocenters. The summed E-state index contributed by atoms with van der Waals surface area (Å²) in [5.41, 5.74) is 0.0687. The number of aliphatic hydroxyl groups excluding tert-OH is 1. The zero-order chi connectivity index (χ0) is 10.6. The molecule has 1 fully saturated rings. The minimum absolute atomic E-state index is 0.141. The van der Waals surface area contributed by atoms with Crippen LogP contribution >= 0.6 is 11.6 Å². The van der Waals surface area contributed by atoms with E-state index in [2.05, 4.69) is 10.3 Å². The maximum atomic E-state index is 11.7. The summed E-state index contributed by atoms with van der Waals surface area (Å²) in [7, 11) is 0. The normalized spacial score (nSPS) is 26.0. The van der Waals surface area contributed by atoms with Crippen LogP contribution in [-0.2, 0) is 4.79 Å². The summed E-state index contributed by atoms with van der Waals surface area (Å²) in [6, 6.07) is 3.34. The first-order valence-corrected chi connectivity index (χ1v) is 5.17. The average molecular weight is 225 g/mol. The Labute approximate surface area is 91.3 Å². The molecule has 1 atom stereocenters. The lowest BCUT2D eigenvalue weighted by molar-refractivity contribution is -0.126. The Hall–Kier alpha value is -1.13. The monoisotopic (exact) mass is 224 g/mol. The first-order valence-electron chi connectivity index (χ1n) is 4.79. The van der Waals surface area contributed by atoms with E-state index in [-0.39, 0.29) is 5.91 Å². The van der Waals surface area contributed by atoms with Gasteiger partial charge in [0.2, 0.25) is 5.91 Å². The number of amides is 1. The van der Waals surface area contributed by atoms with Crippen LogP contribution in [0.25, 0.3) is 0 Å². The SMILES string of the molecule is O=C1Nc2nc(Cl)ccc2C(O)C12CC2. The van der Waals surface area contributed by atoms with Gasteiger partial charge in [-0.1, -0.05) is 11.6 Å². The topological polar surface area (TPSA) is 62.2 Å². The van der Waals surface area contributed by atoms with Gasteiger partial charge in [0.1, 0.15) is 11.0 Å². The van der Waals surface area contributed by atoms with Crippen molar-refractivity contribution in [3.8, 4) is 0 Å². The molecule has 1 aliphatic carbocycles. The number of carbonyl (C=O) groups excluding carboxylic acids is 1. The van der Waals surface area contributed by atoms with Crippen molar-refractivity contribution in [3.05, 3.63) is 22.8 Å². The molecule has 1 amide bonds. The van der Waals surface area contributed by atoms with Gasteiger partial charge >= 0.3 is 0 Å². The molecule has 2 heterocycles. The van der Waals surface area contributed by atoms with E-state index in [1.165, 1.54) is 0 Å². The number of nitrogens with one attached hydrogen (secondary N) is 1. The molecule has 2 aliphatic rings. The van der Waals surface area contributed by atoms with E-state index in [1.54, 1.807) is 12.1 Å². The zero-order valence-corrected chi connectivity index (χ0v) is 8.58. The molecular formula is C10H9ClN2O2. The summed E-state index contributed by atoms with van der Waals surface area (Å²) in [6.07, 6.45) is 0.732. The van der Waals surface area contributed by atoms with Crippen molar-refractivity contribution in [2.24, 2.45) is 5.41 Å². The highest BCUT2D eigenvalue weighted by Crippen LogP contribution is 2.58. The Kier molecular flexibility index (Phi) is 1.65. The van der Waals surface area contributed by atoms with Crippen molar-refractivity contribution < 1.29 is 9.90 Å². The van der Waals surface area contributed by atoms with Crippen LogP contribution in [0.1, 0.15) is 24.5 Å². The maximum Gasteiger partial charge on any atom is 0.234 e. The number of aliphatic hydroxyl groups is 1. The number of fused-ring (bicyclic) bond motifs is 1. The summed E-state index contributed by atoms with van der Waals surface area (Å²) in [5, 5.41) is 13.1. The van der Waals surface area contributed by atoms with E-state index in [0.717, 1.165) is 12.8 Å². The van der Waals surface area contributed by atoms with Crippen molar-refractivity contribution in [1.82, 2.24) is 4.98 Å². The van der Waals surface area contributed by atoms with Gasteiger partial charge in [-0.15, -0.1) is 0 Å². The Bertz CT molecular complexity index is 457. The van der Waals surface area contributed by atoms with Gasteiger partial charge in [0.25, 0.3) is 0 Å². The lowest BCUT2D eigenvalue weighted by Crippen LogP contribution is -2.35. The predicted molar refractivity (Wildman–Crippen MR) is 54.5 cm³/mol. The third-order valence-electron chi connectivity index (χ3n) is 3.18. The number of hydrogen-bond donors (Lipinski definition) is 2. The van der Waals surface area contributed by atoms with Crippen LogP contribution in [0.4, 0.5) is 5.82 Å². The summed E-state index contributed by atoms with van der Waals surface area (Å²) in [5.74, 6) is 0.245. The van der Waals surface area contributed by atoms with E-state index in [1.807, 2.05) is 0 Å². The molecule has 1 saturated carbocycles. The Morgan fingerprint density at radius 1 is 1.53 bits per heavy atom. The van der Waals surface area contributed by atoms with Crippen molar-refractivity contribution in [3.63, 3.8) is 0 Å². The minimum Gasteiger partial charge on any atom is -0.387 e. The highest BCUT2D eigenvalue weighted by Gasteiger charge is 2.58. The van der Waals surface area contributed by atoms with Gasteiger partial charge < -0.3 is 10.4 Å². The average Bonchev–Trinajstić information content (AvgIpc) is 2.96. The smallest absolute Gasteiger partial charge is 0.234 e. The fraction of sp³-hybridized carbons (Fsp3) is 0.400. The zero-order valence-electron chi connectivity index (χ0n) is 7.83. The number of carbonyl (C=O) groups is 1. The standard InChI is InChI=1S/C10H9ClN2O2/c11-6-2-1-5-7(14)10(3-4-10)9(15)13-8(5)12-6/h1-2,7,14H,3-4H2,(H,12,13,15). The van der Waals surface area contributed by atoms with Crippen LogP contribution in [0.15, 0.2) is 12.1 Å². The molecule has 1 spiro atoms. The largest absolute Gasteiger partial charge is 0.387 e. The van der Waals surface area contributed by atoms with Crippen LogP contribution in [0.5, 0.6) is 0 Å². The molecule has 0 saturated heterocycles. The molecular weight excluding hydrogens is 216 g/mol. The van der Waals surface area contributed by atoms with E-state index in [0.29, 0.717) is 16.5 Å². The second kappa shape index (κ2) is 2.71. The van der Waals surface area contributed by atoms with Gasteiger partial charge in [0.15, 0.2) is 0 Å². The number of rotatable bonds is 0. The number of pyridine rings is 1. The molecule has 2 N–H and O–H groups in total. The molecule has 3 rings (SSSR count). The number of aromatic nitrogens is 1. The second-order valence-corrected chi connectivity index (χ2v) is 4.47. The van der Waals surface area contributed by atoms with Crippen LogP contribution in [0.3, 0.4) is 0 Å². The highest BCUT2D eigenvalue weighted by molar-refractivity contribution is 6.29. The minimum atomic E-state index is -0.744. The van der Waals surface area contributed by atoms with Crippen LogP contribution in [0.2, 0.25) is 5.15 Å². The van der Waals surface area contributed by atoms with Gasteiger partial charge in [0, 0.05) is 5.56 Å². The van der Waals surface area contributed by atoms with E-state index in [9.17, 15) is 9.90 Å². The van der Waals surface area contributed by atoms with Crippen LogP contribution in [-0.4, -0.2) is 16.0 Å². The summed E-state index contributed by atoms with van der Waals surface area (Å²) >= 11 is 5.71. The van der Waals surface area contributed by atoms with Crippen molar-refractivity contribution in [2.45, 2.75) is 18.9 Å². The summed E-state index contributed by atoms with van der Waals surface area (Å²) < 4.78 is 0. The Morgan fingerprint density at radius 2 is 2.27 bits per heavy atom. The number of nitrogens with zero attached hydrogens (tertiary/aromatic N) is 1. The van der Waals surface area contributed by atoms with E-state index in [4.69, 9.17) is 11.6 Å². The van der Waals surface area contributed by atoms with Crippen LogP contribution < -0.4 is 5.32 Å². The van der Waals surface area contributed by atoms with Crippen molar-refractivity contribution in [2.75, 3.05) is 5.32 Å². The molecule has 1 aromatic rings. The molecule has 1 aromatic heterocycles. The summed E-state index contributed by atoms with van der Waals surface area (Å²) in [4.78, 5) is 15.7. The van der Waals surface area contributed by atoms with Gasteiger partial charge in [-0.3, -0.25) is 4.79 Å². The Balaban J connectivity index is 2.13. The highest BCUT2D eigenvalue weighted by atomic mass is 35.5. The van der Waals surface area contributed by atoms with Gasteiger partial charge in [-0.25, -0.2) is 4.98 Å². The fourth-order valence-corrected chi connectivity index (χ4v) is 2.20. The summed E-state index contributed by atoms with van der Waals surface area (Å²) in [6.45, 7) is 0. The van der Waals surface area contributed by atoms with E-state index >= 15 is 0 Å². The third kappa shape index (κ3) is 1.12. The lowest BCUT2D eigenvalue weighted by atomic mass is 9.89. The number of anilines is 1. The fourth-order valence-electron chi connectivity index (χ4n) is 2.06. The number of hydrogen-bond acceptors (Lipinski definition) is 3. The first-order chi connectivity index (χ1) is 7.13. The van der Waals surface area contributed by atoms with Crippen molar-refractivity contribution in [1.29, 1.82) is 0 Å². The first kappa shape index (κ1) is 9.12. The molecule has 15 heavy (non-hydrogen) atoms. The van der Waals surface area contributed by atoms with E-state index < -0.39 is 11.5 Å². The Morgan fingerprint density at radius 3 is 2.93 bits per heavy atom. The maximum absolute atomic E-state index is 11.7. The number of halogens is 1. The van der Waals surface area contributed by atoms with Gasteiger partial charge in [-0.2, -0.15) is 0 Å². The van der Waals surface area contributed by atoms with Crippen LogP contribution in [0, 0.1) is 5.41 Å². The molecule has 4 nitrogen and oxygen atoms in total. The third-order valence-corrected chi connectivity index (χ3v) is 3.39. The van der Waals surface area contributed by atoms with Gasteiger partial charge in [0.05, 0.1) is 11.5 Å². The molecule has 5 heteroatoms. The molecule has 0 radical (unpaired) electrons. The molecule has 78 valence electrons. The lowest BCUT2D eigenvalue weighted by Gasteiger charge is -2.28. The molecule has 0 aromatic carbocycles. The quantitative estimate of drug-likeness (QED) is 0.657. The molecule has 1 aliphatic heterocycles. The predicted octanol–water partition coefficient (Wildman–Crippen LogP) is 1.50. The second-order valence-electron chi connectivity index (χ2n) is 4.08. The van der Waals surface area contributed by atoms with Crippen molar-refractivity contribution >= 4 is 23.3 Å².